The quantitative estimate of drug-likeness (QED) is 0.541. The summed E-state index contributed by atoms with van der Waals surface area (Å²) in [5.74, 6) is 2.33. The van der Waals surface area contributed by atoms with Gasteiger partial charge >= 0.3 is 0 Å². The van der Waals surface area contributed by atoms with Crippen LogP contribution in [0, 0.1) is 5.92 Å². The molecule has 31 heavy (non-hydrogen) atoms. The van der Waals surface area contributed by atoms with Gasteiger partial charge in [-0.1, -0.05) is 18.7 Å². The number of carbonyl (C=O) groups is 1. The molecule has 4 rings (SSSR count). The second-order valence-electron chi connectivity index (χ2n) is 7.84. The number of pyridine rings is 1. The Morgan fingerprint density at radius 1 is 1.10 bits per heavy atom. The van der Waals surface area contributed by atoms with Gasteiger partial charge in [0.2, 0.25) is 5.91 Å². The largest absolute Gasteiger partial charge is 0.497 e. The molecule has 162 valence electrons. The molecule has 1 unspecified atom stereocenters. The van der Waals surface area contributed by atoms with E-state index in [-0.39, 0.29) is 11.2 Å². The minimum atomic E-state index is -0.250. The Kier molecular flexibility index (Phi) is 6.56. The van der Waals surface area contributed by atoms with Gasteiger partial charge in [-0.15, -0.1) is 10.2 Å². The Morgan fingerprint density at radius 2 is 1.77 bits per heavy atom. The van der Waals surface area contributed by atoms with E-state index in [0.29, 0.717) is 16.9 Å². The van der Waals surface area contributed by atoms with Crippen molar-refractivity contribution >= 4 is 17.7 Å². The topological polar surface area (TPSA) is 73.1 Å². The number of hydrogen-bond donors (Lipinski definition) is 0. The minimum Gasteiger partial charge on any atom is -0.497 e. The maximum atomic E-state index is 13.0. The van der Waals surface area contributed by atoms with E-state index in [2.05, 4.69) is 22.1 Å². The molecule has 1 aliphatic heterocycles. The molecule has 1 atom stereocenters. The molecule has 2 aromatic heterocycles. The second-order valence-corrected chi connectivity index (χ2v) is 9.15. The zero-order valence-electron chi connectivity index (χ0n) is 18.1. The normalized spacial score (nSPS) is 15.6. The standard InChI is InChI=1S/C23H27N5O2S/c1-16-10-14-27(15-11-16)22(29)17(2)31-23-26-25-21(18-8-12-24-13-9-18)28(23)19-4-6-20(30-3)7-5-19/h4-9,12-13,16-17H,10-11,14-15H2,1-3H3. The second kappa shape index (κ2) is 9.51. The lowest BCUT2D eigenvalue weighted by Crippen LogP contribution is -2.41. The lowest BCUT2D eigenvalue weighted by atomic mass is 9.99. The number of nitrogens with zero attached hydrogens (tertiary/aromatic N) is 5. The zero-order chi connectivity index (χ0) is 21.8. The van der Waals surface area contributed by atoms with Gasteiger partial charge in [-0.05, 0) is 62.1 Å². The van der Waals surface area contributed by atoms with Crippen molar-refractivity contribution in [2.24, 2.45) is 5.92 Å². The first-order valence-electron chi connectivity index (χ1n) is 10.5. The van der Waals surface area contributed by atoms with Crippen molar-refractivity contribution in [3.63, 3.8) is 0 Å². The van der Waals surface area contributed by atoms with Crippen molar-refractivity contribution in [1.29, 1.82) is 0 Å². The average molecular weight is 438 g/mol. The van der Waals surface area contributed by atoms with Crippen molar-refractivity contribution < 1.29 is 9.53 Å². The van der Waals surface area contributed by atoms with Crippen molar-refractivity contribution in [2.45, 2.75) is 37.1 Å². The number of amides is 1. The molecular weight excluding hydrogens is 410 g/mol. The van der Waals surface area contributed by atoms with Crippen LogP contribution in [0.2, 0.25) is 0 Å². The number of benzene rings is 1. The van der Waals surface area contributed by atoms with Crippen LogP contribution in [0.3, 0.4) is 0 Å². The van der Waals surface area contributed by atoms with Crippen molar-refractivity contribution in [3.05, 3.63) is 48.8 Å². The molecular formula is C23H27N5O2S. The van der Waals surface area contributed by atoms with Crippen molar-refractivity contribution in [3.8, 4) is 22.8 Å². The first-order valence-corrected chi connectivity index (χ1v) is 11.4. The highest BCUT2D eigenvalue weighted by atomic mass is 32.2. The number of hydrogen-bond acceptors (Lipinski definition) is 6. The summed E-state index contributed by atoms with van der Waals surface area (Å²) in [5.41, 5.74) is 1.82. The molecule has 0 aliphatic carbocycles. The van der Waals surface area contributed by atoms with E-state index in [1.807, 2.05) is 52.8 Å². The fourth-order valence-electron chi connectivity index (χ4n) is 3.69. The van der Waals surface area contributed by atoms with Crippen LogP contribution in [-0.4, -0.2) is 56.0 Å². The Morgan fingerprint density at radius 3 is 2.42 bits per heavy atom. The van der Waals surface area contributed by atoms with Crippen LogP contribution < -0.4 is 4.74 Å². The SMILES string of the molecule is COc1ccc(-n2c(SC(C)C(=O)N3CCC(C)CC3)nnc2-c2ccncc2)cc1. The van der Waals surface area contributed by atoms with E-state index in [1.54, 1.807) is 19.5 Å². The van der Waals surface area contributed by atoms with Gasteiger partial charge in [-0.3, -0.25) is 14.3 Å². The first-order chi connectivity index (χ1) is 15.1. The lowest BCUT2D eigenvalue weighted by molar-refractivity contribution is -0.131. The maximum Gasteiger partial charge on any atom is 0.235 e. The Balaban J connectivity index is 1.64. The summed E-state index contributed by atoms with van der Waals surface area (Å²) in [5, 5.41) is 9.33. The fourth-order valence-corrected chi connectivity index (χ4v) is 4.64. The fraction of sp³-hybridized carbons (Fsp3) is 0.391. The third-order valence-corrected chi connectivity index (χ3v) is 6.66. The van der Waals surface area contributed by atoms with Crippen LogP contribution in [0.15, 0.2) is 53.9 Å². The summed E-state index contributed by atoms with van der Waals surface area (Å²) < 4.78 is 7.29. The average Bonchev–Trinajstić information content (AvgIpc) is 3.23. The molecule has 3 aromatic rings. The number of aromatic nitrogens is 4. The highest BCUT2D eigenvalue weighted by Crippen LogP contribution is 2.31. The van der Waals surface area contributed by atoms with Crippen molar-refractivity contribution in [1.82, 2.24) is 24.6 Å². The van der Waals surface area contributed by atoms with Gasteiger partial charge in [0, 0.05) is 36.7 Å². The number of methoxy groups -OCH3 is 1. The Labute approximate surface area is 186 Å². The molecule has 1 fully saturated rings. The Bertz CT molecular complexity index is 1010. The van der Waals surface area contributed by atoms with Crippen LogP contribution in [0.1, 0.15) is 26.7 Å². The monoisotopic (exact) mass is 437 g/mol. The van der Waals surface area contributed by atoms with E-state index in [4.69, 9.17) is 4.74 Å². The first kappa shape index (κ1) is 21.4. The summed E-state index contributed by atoms with van der Waals surface area (Å²) in [6, 6.07) is 11.6. The van der Waals surface area contributed by atoms with Crippen molar-refractivity contribution in [2.75, 3.05) is 20.2 Å². The summed E-state index contributed by atoms with van der Waals surface area (Å²) in [6.45, 7) is 5.86. The van der Waals surface area contributed by atoms with E-state index in [0.717, 1.165) is 42.9 Å². The van der Waals surface area contributed by atoms with Crippen LogP contribution in [0.4, 0.5) is 0 Å². The van der Waals surface area contributed by atoms with Gasteiger partial charge in [-0.2, -0.15) is 0 Å². The molecule has 1 amide bonds. The third-order valence-electron chi connectivity index (χ3n) is 5.63. The summed E-state index contributed by atoms with van der Waals surface area (Å²) in [6.07, 6.45) is 5.60. The van der Waals surface area contributed by atoms with E-state index < -0.39 is 0 Å². The molecule has 0 N–H and O–H groups in total. The zero-order valence-corrected chi connectivity index (χ0v) is 18.9. The molecule has 3 heterocycles. The predicted molar refractivity (Wildman–Crippen MR) is 121 cm³/mol. The highest BCUT2D eigenvalue weighted by molar-refractivity contribution is 8.00. The molecule has 0 bridgehead atoms. The summed E-state index contributed by atoms with van der Waals surface area (Å²) >= 11 is 1.44. The van der Waals surface area contributed by atoms with Gasteiger partial charge < -0.3 is 9.64 Å². The van der Waals surface area contributed by atoms with E-state index >= 15 is 0 Å². The summed E-state index contributed by atoms with van der Waals surface area (Å²) in [4.78, 5) is 19.1. The van der Waals surface area contributed by atoms with Crippen LogP contribution in [0.5, 0.6) is 5.75 Å². The molecule has 0 radical (unpaired) electrons. The lowest BCUT2D eigenvalue weighted by Gasteiger charge is -2.32. The number of piperidine rings is 1. The minimum absolute atomic E-state index is 0.159. The van der Waals surface area contributed by atoms with Gasteiger partial charge in [0.25, 0.3) is 0 Å². The summed E-state index contributed by atoms with van der Waals surface area (Å²) in [7, 11) is 1.64. The van der Waals surface area contributed by atoms with E-state index in [1.165, 1.54) is 11.8 Å². The Hall–Kier alpha value is -2.87. The number of ether oxygens (including phenoxy) is 1. The molecule has 0 spiro atoms. The highest BCUT2D eigenvalue weighted by Gasteiger charge is 2.27. The molecule has 8 heteroatoms. The number of rotatable bonds is 6. The number of thioether (sulfide) groups is 1. The van der Waals surface area contributed by atoms with Gasteiger partial charge in [0.15, 0.2) is 11.0 Å². The molecule has 0 saturated carbocycles. The third kappa shape index (κ3) is 4.74. The smallest absolute Gasteiger partial charge is 0.235 e. The van der Waals surface area contributed by atoms with Crippen LogP contribution in [0.25, 0.3) is 17.1 Å². The predicted octanol–water partition coefficient (Wildman–Crippen LogP) is 4.08. The molecule has 1 aliphatic rings. The number of likely N-dealkylation sites (tertiary alicyclic amines) is 1. The van der Waals surface area contributed by atoms with Crippen LogP contribution in [-0.2, 0) is 4.79 Å². The van der Waals surface area contributed by atoms with Gasteiger partial charge in [-0.25, -0.2) is 0 Å². The van der Waals surface area contributed by atoms with Gasteiger partial charge in [0.05, 0.1) is 12.4 Å². The molecule has 7 nitrogen and oxygen atoms in total. The molecule has 1 aromatic carbocycles. The van der Waals surface area contributed by atoms with E-state index in [9.17, 15) is 4.79 Å². The molecule has 1 saturated heterocycles. The number of carbonyl (C=O) groups excluding carboxylic acids is 1. The van der Waals surface area contributed by atoms with Gasteiger partial charge in [0.1, 0.15) is 5.75 Å². The maximum absolute atomic E-state index is 13.0. The van der Waals surface area contributed by atoms with Crippen LogP contribution >= 0.6 is 11.8 Å².